The molecule has 0 aliphatic rings. The molecule has 4 heteroatoms. The zero-order valence-electron chi connectivity index (χ0n) is 10.6. The molecule has 0 saturated heterocycles. The van der Waals surface area contributed by atoms with Gasteiger partial charge in [-0.15, -0.1) is 0 Å². The summed E-state index contributed by atoms with van der Waals surface area (Å²) in [6, 6.07) is 2.47. The molecule has 90 valence electrons. The average molecular weight is 223 g/mol. The number of hydrogen-bond acceptors (Lipinski definition) is 3. The highest BCUT2D eigenvalue weighted by molar-refractivity contribution is 5.53. The maximum atomic E-state index is 5.33. The van der Waals surface area contributed by atoms with Crippen molar-refractivity contribution < 1.29 is 4.74 Å². The van der Waals surface area contributed by atoms with Crippen LogP contribution in [0.1, 0.15) is 32.2 Å². The van der Waals surface area contributed by atoms with Gasteiger partial charge in [-0.25, -0.2) is 0 Å². The van der Waals surface area contributed by atoms with E-state index < -0.39 is 0 Å². The summed E-state index contributed by atoms with van der Waals surface area (Å²) < 4.78 is 7.19. The predicted molar refractivity (Wildman–Crippen MR) is 65.8 cm³/mol. The van der Waals surface area contributed by atoms with E-state index in [2.05, 4.69) is 30.8 Å². The van der Waals surface area contributed by atoms with Crippen LogP contribution in [0.5, 0.6) is 0 Å². The Morgan fingerprint density at radius 2 is 2.31 bits per heavy atom. The van der Waals surface area contributed by atoms with Crippen LogP contribution in [0.3, 0.4) is 0 Å². The van der Waals surface area contributed by atoms with Gasteiger partial charge in [0.25, 0.3) is 0 Å². The fourth-order valence-corrected chi connectivity index (χ4v) is 1.36. The third kappa shape index (κ3) is 3.38. The first-order chi connectivity index (χ1) is 7.54. The second kappa shape index (κ2) is 5.70. The molecule has 0 unspecified atom stereocenters. The number of aromatic nitrogens is 2. The fourth-order valence-electron chi connectivity index (χ4n) is 1.36. The van der Waals surface area contributed by atoms with Crippen molar-refractivity contribution in [1.29, 1.82) is 0 Å². The third-order valence-corrected chi connectivity index (χ3v) is 2.27. The van der Waals surface area contributed by atoms with Gasteiger partial charge in [-0.3, -0.25) is 4.68 Å². The highest BCUT2D eigenvalue weighted by atomic mass is 16.5. The fraction of sp³-hybridized carbons (Fsp3) is 0.583. The van der Waals surface area contributed by atoms with E-state index in [9.17, 15) is 0 Å². The molecule has 16 heavy (non-hydrogen) atoms. The van der Waals surface area contributed by atoms with Crippen molar-refractivity contribution in [3.63, 3.8) is 0 Å². The first-order valence-electron chi connectivity index (χ1n) is 5.63. The van der Waals surface area contributed by atoms with Crippen LogP contribution in [0.4, 0.5) is 0 Å². The lowest BCUT2D eigenvalue weighted by Crippen LogP contribution is -2.23. The largest absolute Gasteiger partial charge is 0.492 e. The zero-order valence-corrected chi connectivity index (χ0v) is 10.6. The molecular weight excluding hydrogens is 202 g/mol. The number of ether oxygens (including phenoxy) is 1. The molecule has 0 amide bonds. The van der Waals surface area contributed by atoms with E-state index >= 15 is 0 Å². The van der Waals surface area contributed by atoms with Gasteiger partial charge in [-0.1, -0.05) is 20.4 Å². The molecule has 0 bridgehead atoms. The van der Waals surface area contributed by atoms with Gasteiger partial charge in [-0.05, 0) is 13.0 Å². The smallest absolute Gasteiger partial charge is 0.139 e. The topological polar surface area (TPSA) is 39.1 Å². The lowest BCUT2D eigenvalue weighted by molar-refractivity contribution is 0.297. The number of nitrogens with zero attached hydrogens (tertiary/aromatic N) is 2. The van der Waals surface area contributed by atoms with Gasteiger partial charge in [0, 0.05) is 19.6 Å². The summed E-state index contributed by atoms with van der Waals surface area (Å²) in [5.74, 6) is 0.633. The Bertz CT molecular complexity index is 355. The van der Waals surface area contributed by atoms with Crippen molar-refractivity contribution in [3.05, 3.63) is 24.0 Å². The van der Waals surface area contributed by atoms with E-state index in [0.717, 1.165) is 17.9 Å². The SMILES string of the molecule is C=C(OCC)c1cc(CNC(C)C)n(C)n1. The van der Waals surface area contributed by atoms with Crippen molar-refractivity contribution >= 4 is 5.76 Å². The number of hydrogen-bond donors (Lipinski definition) is 1. The van der Waals surface area contributed by atoms with E-state index in [0.29, 0.717) is 18.4 Å². The third-order valence-electron chi connectivity index (χ3n) is 2.27. The normalized spacial score (nSPS) is 10.8. The van der Waals surface area contributed by atoms with Crippen LogP contribution in [0.15, 0.2) is 12.6 Å². The maximum Gasteiger partial charge on any atom is 0.139 e. The van der Waals surface area contributed by atoms with Crippen LogP contribution in [-0.2, 0) is 18.3 Å². The highest BCUT2D eigenvalue weighted by Gasteiger charge is 2.08. The van der Waals surface area contributed by atoms with Gasteiger partial charge in [0.1, 0.15) is 11.5 Å². The zero-order chi connectivity index (χ0) is 12.1. The molecule has 0 aliphatic heterocycles. The summed E-state index contributed by atoms with van der Waals surface area (Å²) in [7, 11) is 1.93. The monoisotopic (exact) mass is 223 g/mol. The molecule has 4 nitrogen and oxygen atoms in total. The van der Waals surface area contributed by atoms with Gasteiger partial charge >= 0.3 is 0 Å². The van der Waals surface area contributed by atoms with Crippen LogP contribution in [0, 0.1) is 0 Å². The molecule has 1 heterocycles. The first-order valence-corrected chi connectivity index (χ1v) is 5.63. The minimum Gasteiger partial charge on any atom is -0.492 e. The summed E-state index contributed by atoms with van der Waals surface area (Å²) >= 11 is 0. The van der Waals surface area contributed by atoms with Crippen LogP contribution >= 0.6 is 0 Å². The molecule has 0 saturated carbocycles. The molecule has 1 aromatic rings. The van der Waals surface area contributed by atoms with E-state index in [1.165, 1.54) is 0 Å². The second-order valence-corrected chi connectivity index (χ2v) is 4.04. The minimum atomic E-state index is 0.466. The van der Waals surface area contributed by atoms with Gasteiger partial charge < -0.3 is 10.1 Å². The van der Waals surface area contributed by atoms with Crippen molar-refractivity contribution in [2.24, 2.45) is 7.05 Å². The molecule has 0 fully saturated rings. The minimum absolute atomic E-state index is 0.466. The van der Waals surface area contributed by atoms with Crippen LogP contribution in [0.25, 0.3) is 5.76 Å². The standard InChI is InChI=1S/C12H21N3O/c1-6-16-10(4)12-7-11(15(5)14-12)8-13-9(2)3/h7,9,13H,4,6,8H2,1-3,5H3. The Kier molecular flexibility index (Phi) is 4.55. The molecule has 0 spiro atoms. The van der Waals surface area contributed by atoms with Crippen LogP contribution in [-0.4, -0.2) is 22.4 Å². The molecule has 1 N–H and O–H groups in total. The molecular formula is C12H21N3O. The summed E-state index contributed by atoms with van der Waals surface area (Å²) in [6.45, 7) is 11.5. The van der Waals surface area contributed by atoms with Crippen molar-refractivity contribution in [2.45, 2.75) is 33.4 Å². The molecule has 0 atom stereocenters. The quantitative estimate of drug-likeness (QED) is 0.749. The van der Waals surface area contributed by atoms with Gasteiger partial charge in [0.2, 0.25) is 0 Å². The summed E-state index contributed by atoms with van der Waals surface area (Å²) in [6.07, 6.45) is 0. The number of aryl methyl sites for hydroxylation is 1. The Balaban J connectivity index is 2.69. The van der Waals surface area contributed by atoms with E-state index in [1.54, 1.807) is 0 Å². The summed E-state index contributed by atoms with van der Waals surface area (Å²) in [4.78, 5) is 0. The molecule has 0 radical (unpaired) electrons. The van der Waals surface area contributed by atoms with Crippen molar-refractivity contribution in [3.8, 4) is 0 Å². The summed E-state index contributed by atoms with van der Waals surface area (Å²) in [5, 5.41) is 7.71. The van der Waals surface area contributed by atoms with E-state index in [4.69, 9.17) is 4.74 Å². The van der Waals surface area contributed by atoms with Gasteiger partial charge in [0.05, 0.1) is 12.3 Å². The Morgan fingerprint density at radius 3 is 2.88 bits per heavy atom. The first kappa shape index (κ1) is 12.8. The van der Waals surface area contributed by atoms with E-state index in [-0.39, 0.29) is 0 Å². The highest BCUT2D eigenvalue weighted by Crippen LogP contribution is 2.13. The van der Waals surface area contributed by atoms with Gasteiger partial charge in [0.15, 0.2) is 0 Å². The molecule has 1 aromatic heterocycles. The second-order valence-electron chi connectivity index (χ2n) is 4.04. The Morgan fingerprint density at radius 1 is 1.62 bits per heavy atom. The van der Waals surface area contributed by atoms with Gasteiger partial charge in [-0.2, -0.15) is 5.10 Å². The molecule has 0 aliphatic carbocycles. The molecule has 1 rings (SSSR count). The average Bonchev–Trinajstić information content (AvgIpc) is 2.57. The van der Waals surface area contributed by atoms with Crippen LogP contribution < -0.4 is 5.32 Å². The summed E-state index contributed by atoms with van der Waals surface area (Å²) in [5.41, 5.74) is 1.94. The van der Waals surface area contributed by atoms with Crippen molar-refractivity contribution in [2.75, 3.05) is 6.61 Å². The Hall–Kier alpha value is -1.29. The predicted octanol–water partition coefficient (Wildman–Crippen LogP) is 1.93. The lowest BCUT2D eigenvalue weighted by Gasteiger charge is -2.07. The maximum absolute atomic E-state index is 5.33. The lowest BCUT2D eigenvalue weighted by atomic mass is 10.3. The Labute approximate surface area is 97.3 Å². The van der Waals surface area contributed by atoms with E-state index in [1.807, 2.05) is 24.7 Å². The number of rotatable bonds is 6. The van der Waals surface area contributed by atoms with Crippen LogP contribution in [0.2, 0.25) is 0 Å². The molecule has 0 aromatic carbocycles. The number of nitrogens with one attached hydrogen (secondary N) is 1. The van der Waals surface area contributed by atoms with Crippen molar-refractivity contribution in [1.82, 2.24) is 15.1 Å².